The monoisotopic (exact) mass is 348 g/mol. The van der Waals surface area contributed by atoms with Gasteiger partial charge in [-0.15, -0.1) is 0 Å². The van der Waals surface area contributed by atoms with Crippen molar-refractivity contribution in [3.63, 3.8) is 0 Å². The van der Waals surface area contributed by atoms with Crippen LogP contribution in [0, 0.1) is 11.7 Å². The highest BCUT2D eigenvalue weighted by atomic mass is 19.1. The number of piperidine rings is 1. The molecular formula is C19H27FN3O2+. The number of nitrogens with zero attached hydrogens (tertiary/aromatic N) is 2. The summed E-state index contributed by atoms with van der Waals surface area (Å²) in [5, 5.41) is 2.89. The minimum Gasteiger partial charge on any atom is -0.343 e. The third-order valence-electron chi connectivity index (χ3n) is 5.63. The van der Waals surface area contributed by atoms with Crippen LogP contribution in [-0.2, 0) is 4.79 Å². The second kappa shape index (κ2) is 7.52. The number of hydrogen-bond donors (Lipinski definition) is 1. The Hall–Kier alpha value is -1.95. The van der Waals surface area contributed by atoms with Crippen molar-refractivity contribution in [1.29, 1.82) is 0 Å². The molecule has 25 heavy (non-hydrogen) atoms. The Morgan fingerprint density at radius 3 is 2.56 bits per heavy atom. The number of hydrogen-bond acceptors (Lipinski definition) is 2. The number of urea groups is 1. The number of nitrogens with one attached hydrogen (secondary N) is 1. The summed E-state index contributed by atoms with van der Waals surface area (Å²) < 4.78 is 13.3. The molecule has 0 spiro atoms. The highest BCUT2D eigenvalue weighted by molar-refractivity contribution is 5.84. The van der Waals surface area contributed by atoms with E-state index in [4.69, 9.17) is 0 Å². The van der Waals surface area contributed by atoms with Crippen molar-refractivity contribution in [2.24, 2.45) is 5.92 Å². The fraction of sp³-hybridized carbons (Fsp3) is 0.579. The van der Waals surface area contributed by atoms with Crippen LogP contribution >= 0.6 is 0 Å². The molecule has 0 aliphatic carbocycles. The molecule has 136 valence electrons. The third kappa shape index (κ3) is 4.37. The average Bonchev–Trinajstić information content (AvgIpc) is 3.01. The molecule has 0 radical (unpaired) electrons. The first-order chi connectivity index (χ1) is 12.0. The Balaban J connectivity index is 1.47. The first-order valence-electron chi connectivity index (χ1n) is 9.16. The van der Waals surface area contributed by atoms with Crippen LogP contribution in [0.1, 0.15) is 32.1 Å². The van der Waals surface area contributed by atoms with Crippen molar-refractivity contribution in [1.82, 2.24) is 4.90 Å². The number of rotatable bonds is 4. The van der Waals surface area contributed by atoms with E-state index in [1.807, 2.05) is 11.9 Å². The van der Waals surface area contributed by atoms with Gasteiger partial charge in [-0.05, 0) is 43.0 Å². The van der Waals surface area contributed by atoms with E-state index in [1.54, 1.807) is 12.1 Å². The van der Waals surface area contributed by atoms with Crippen molar-refractivity contribution in [2.45, 2.75) is 32.1 Å². The molecule has 2 aliphatic rings. The Labute approximate surface area is 148 Å². The Bertz CT molecular complexity index is 624. The third-order valence-corrected chi connectivity index (χ3v) is 5.63. The van der Waals surface area contributed by atoms with Crippen LogP contribution in [0.2, 0.25) is 0 Å². The SMILES string of the molecule is C[N+]1(C(=O)Nc2ccc(F)cc2)CCC(CCN2CCCC2=O)CC1. The molecule has 3 amide bonds. The van der Waals surface area contributed by atoms with Gasteiger partial charge in [0, 0.05) is 38.0 Å². The van der Waals surface area contributed by atoms with Gasteiger partial charge in [-0.1, -0.05) is 0 Å². The number of carbonyl (C=O) groups excluding carboxylic acids is 2. The van der Waals surface area contributed by atoms with Gasteiger partial charge in [-0.2, -0.15) is 0 Å². The summed E-state index contributed by atoms with van der Waals surface area (Å²) in [5.74, 6) is 0.559. The van der Waals surface area contributed by atoms with Crippen LogP contribution in [0.15, 0.2) is 24.3 Å². The molecular weight excluding hydrogens is 321 g/mol. The highest BCUT2D eigenvalue weighted by Gasteiger charge is 2.37. The summed E-state index contributed by atoms with van der Waals surface area (Å²) >= 11 is 0. The zero-order valence-corrected chi connectivity index (χ0v) is 14.8. The second-order valence-corrected chi connectivity index (χ2v) is 7.50. The second-order valence-electron chi connectivity index (χ2n) is 7.50. The van der Waals surface area contributed by atoms with Gasteiger partial charge >= 0.3 is 6.03 Å². The number of likely N-dealkylation sites (tertiary alicyclic amines) is 2. The topological polar surface area (TPSA) is 49.4 Å². The molecule has 2 heterocycles. The summed E-state index contributed by atoms with van der Waals surface area (Å²) in [6.45, 7) is 3.35. The molecule has 1 N–H and O–H groups in total. The number of benzene rings is 1. The highest BCUT2D eigenvalue weighted by Crippen LogP contribution is 2.26. The van der Waals surface area contributed by atoms with Gasteiger partial charge in [0.1, 0.15) is 5.82 Å². The van der Waals surface area contributed by atoms with E-state index in [0.717, 1.165) is 51.9 Å². The summed E-state index contributed by atoms with van der Waals surface area (Å²) in [7, 11) is 1.96. The fourth-order valence-corrected chi connectivity index (χ4v) is 3.75. The van der Waals surface area contributed by atoms with E-state index in [1.165, 1.54) is 12.1 Å². The van der Waals surface area contributed by atoms with E-state index >= 15 is 0 Å². The molecule has 2 aliphatic heterocycles. The predicted octanol–water partition coefficient (Wildman–Crippen LogP) is 3.23. The van der Waals surface area contributed by atoms with Crippen LogP contribution < -0.4 is 5.32 Å². The van der Waals surface area contributed by atoms with Crippen molar-refractivity contribution in [3.05, 3.63) is 30.1 Å². The summed E-state index contributed by atoms with van der Waals surface area (Å²) in [4.78, 5) is 26.3. The molecule has 0 saturated carbocycles. The molecule has 0 aromatic heterocycles. The van der Waals surface area contributed by atoms with Gasteiger partial charge in [0.2, 0.25) is 5.91 Å². The van der Waals surface area contributed by atoms with E-state index < -0.39 is 0 Å². The molecule has 0 unspecified atom stereocenters. The standard InChI is InChI=1S/C19H26FN3O2/c1-23(19(25)21-17-6-4-16(20)5-7-17)13-9-15(10-14-23)8-12-22-11-2-3-18(22)24/h4-7,15H,2-3,8-14H2,1H3/p+1. The van der Waals surface area contributed by atoms with Gasteiger partial charge in [-0.25, -0.2) is 13.7 Å². The molecule has 2 fully saturated rings. The fourth-order valence-electron chi connectivity index (χ4n) is 3.75. The van der Waals surface area contributed by atoms with E-state index in [-0.39, 0.29) is 17.8 Å². The lowest BCUT2D eigenvalue weighted by Gasteiger charge is -2.38. The maximum atomic E-state index is 13.0. The smallest absolute Gasteiger partial charge is 0.343 e. The minimum atomic E-state index is -0.310. The minimum absolute atomic E-state index is 0.0419. The Kier molecular flexibility index (Phi) is 5.37. The van der Waals surface area contributed by atoms with Crippen molar-refractivity contribution < 1.29 is 18.5 Å². The Morgan fingerprint density at radius 2 is 1.96 bits per heavy atom. The average molecular weight is 348 g/mol. The number of amides is 3. The van der Waals surface area contributed by atoms with Gasteiger partial charge in [-0.3, -0.25) is 10.1 Å². The quantitative estimate of drug-likeness (QED) is 0.850. The van der Waals surface area contributed by atoms with Gasteiger partial charge in [0.05, 0.1) is 20.1 Å². The number of halogens is 1. The molecule has 5 nitrogen and oxygen atoms in total. The summed E-state index contributed by atoms with van der Waals surface area (Å²) in [6, 6.07) is 5.82. The zero-order chi connectivity index (χ0) is 17.9. The molecule has 0 bridgehead atoms. The molecule has 1 aromatic rings. The molecule has 3 rings (SSSR count). The largest absolute Gasteiger partial charge is 0.420 e. The molecule has 2 saturated heterocycles. The lowest BCUT2D eigenvalue weighted by Crippen LogP contribution is -2.56. The van der Waals surface area contributed by atoms with Crippen LogP contribution in [-0.4, -0.2) is 54.5 Å². The molecule has 6 heteroatoms. The lowest BCUT2D eigenvalue weighted by molar-refractivity contribution is -0.834. The lowest BCUT2D eigenvalue weighted by atomic mass is 9.92. The van der Waals surface area contributed by atoms with E-state index in [9.17, 15) is 14.0 Å². The van der Waals surface area contributed by atoms with Crippen LogP contribution in [0.5, 0.6) is 0 Å². The van der Waals surface area contributed by atoms with Crippen molar-refractivity contribution >= 4 is 17.6 Å². The van der Waals surface area contributed by atoms with Crippen LogP contribution in [0.25, 0.3) is 0 Å². The van der Waals surface area contributed by atoms with E-state index in [0.29, 0.717) is 22.5 Å². The normalized spacial score (nSPS) is 26.7. The van der Waals surface area contributed by atoms with Crippen LogP contribution in [0.4, 0.5) is 14.9 Å². The maximum Gasteiger partial charge on any atom is 0.420 e. The van der Waals surface area contributed by atoms with E-state index in [2.05, 4.69) is 5.32 Å². The predicted molar refractivity (Wildman–Crippen MR) is 94.5 cm³/mol. The van der Waals surface area contributed by atoms with Crippen LogP contribution in [0.3, 0.4) is 0 Å². The number of anilines is 1. The van der Waals surface area contributed by atoms with Crippen molar-refractivity contribution in [2.75, 3.05) is 38.5 Å². The van der Waals surface area contributed by atoms with Gasteiger partial charge < -0.3 is 4.90 Å². The van der Waals surface area contributed by atoms with Crippen molar-refractivity contribution in [3.8, 4) is 0 Å². The number of quaternary nitrogens is 1. The molecule has 0 atom stereocenters. The van der Waals surface area contributed by atoms with Gasteiger partial charge in [0.15, 0.2) is 0 Å². The Morgan fingerprint density at radius 1 is 1.28 bits per heavy atom. The summed E-state index contributed by atoms with van der Waals surface area (Å²) in [5.41, 5.74) is 0.625. The molecule has 1 aromatic carbocycles. The number of carbonyl (C=O) groups is 2. The first-order valence-corrected chi connectivity index (χ1v) is 9.16. The maximum absolute atomic E-state index is 13.0. The zero-order valence-electron chi connectivity index (χ0n) is 14.8. The van der Waals surface area contributed by atoms with Gasteiger partial charge in [0.25, 0.3) is 0 Å². The summed E-state index contributed by atoms with van der Waals surface area (Å²) in [6.07, 6.45) is 4.71. The first kappa shape index (κ1) is 17.9.